The second-order valence-corrected chi connectivity index (χ2v) is 5.68. The molecule has 0 saturated carbocycles. The van der Waals surface area contributed by atoms with Crippen LogP contribution >= 0.6 is 0 Å². The molecule has 0 atom stereocenters. The SMILES string of the molecule is CC1CCN(C(=O)CN2CCC(N)CC2)CC1. The van der Waals surface area contributed by atoms with Crippen LogP contribution in [0, 0.1) is 5.92 Å². The minimum absolute atomic E-state index is 0.312. The first-order valence-electron chi connectivity index (χ1n) is 6.91. The van der Waals surface area contributed by atoms with Gasteiger partial charge in [-0.3, -0.25) is 9.69 Å². The first-order valence-corrected chi connectivity index (χ1v) is 6.91. The number of piperidine rings is 2. The number of carbonyl (C=O) groups is 1. The normalized spacial score (nSPS) is 25.2. The van der Waals surface area contributed by atoms with Gasteiger partial charge in [0.15, 0.2) is 0 Å². The van der Waals surface area contributed by atoms with Crippen molar-refractivity contribution < 1.29 is 4.79 Å². The van der Waals surface area contributed by atoms with Crippen LogP contribution in [0.4, 0.5) is 0 Å². The minimum atomic E-state index is 0.312. The lowest BCUT2D eigenvalue weighted by atomic mass is 9.99. The zero-order valence-electron chi connectivity index (χ0n) is 10.9. The molecule has 2 fully saturated rings. The summed E-state index contributed by atoms with van der Waals surface area (Å²) in [6, 6.07) is 0.345. The highest BCUT2D eigenvalue weighted by Gasteiger charge is 2.23. The number of nitrogens with zero attached hydrogens (tertiary/aromatic N) is 2. The highest BCUT2D eigenvalue weighted by molar-refractivity contribution is 5.78. The van der Waals surface area contributed by atoms with E-state index in [9.17, 15) is 4.79 Å². The van der Waals surface area contributed by atoms with Crippen LogP contribution in [0.1, 0.15) is 32.6 Å². The summed E-state index contributed by atoms with van der Waals surface area (Å²) in [5.74, 6) is 1.10. The maximum atomic E-state index is 12.1. The van der Waals surface area contributed by atoms with Crippen molar-refractivity contribution in [1.82, 2.24) is 9.80 Å². The Morgan fingerprint density at radius 2 is 1.71 bits per heavy atom. The topological polar surface area (TPSA) is 49.6 Å². The Morgan fingerprint density at radius 1 is 1.12 bits per heavy atom. The fourth-order valence-corrected chi connectivity index (χ4v) is 2.66. The van der Waals surface area contributed by atoms with E-state index in [2.05, 4.69) is 11.8 Å². The number of carbonyl (C=O) groups excluding carboxylic acids is 1. The highest BCUT2D eigenvalue weighted by Crippen LogP contribution is 2.16. The smallest absolute Gasteiger partial charge is 0.236 e. The lowest BCUT2D eigenvalue weighted by Gasteiger charge is -2.34. The Morgan fingerprint density at radius 3 is 2.29 bits per heavy atom. The van der Waals surface area contributed by atoms with Gasteiger partial charge in [-0.15, -0.1) is 0 Å². The Hall–Kier alpha value is -0.610. The van der Waals surface area contributed by atoms with Crippen molar-refractivity contribution in [1.29, 1.82) is 0 Å². The highest BCUT2D eigenvalue weighted by atomic mass is 16.2. The van der Waals surface area contributed by atoms with E-state index in [-0.39, 0.29) is 0 Å². The van der Waals surface area contributed by atoms with E-state index >= 15 is 0 Å². The molecule has 2 heterocycles. The molecule has 2 aliphatic heterocycles. The predicted molar refractivity (Wildman–Crippen MR) is 68.6 cm³/mol. The van der Waals surface area contributed by atoms with Crippen molar-refractivity contribution in [2.45, 2.75) is 38.6 Å². The summed E-state index contributed by atoms with van der Waals surface area (Å²) >= 11 is 0. The largest absolute Gasteiger partial charge is 0.342 e. The molecule has 2 aliphatic rings. The summed E-state index contributed by atoms with van der Waals surface area (Å²) in [4.78, 5) is 16.4. The number of likely N-dealkylation sites (tertiary alicyclic amines) is 2. The van der Waals surface area contributed by atoms with Crippen molar-refractivity contribution in [2.75, 3.05) is 32.7 Å². The molecular weight excluding hydrogens is 214 g/mol. The molecule has 17 heavy (non-hydrogen) atoms. The standard InChI is InChI=1S/C13H25N3O/c1-11-2-8-16(9-3-11)13(17)10-15-6-4-12(14)5-7-15/h11-12H,2-10,14H2,1H3. The molecule has 2 saturated heterocycles. The fourth-order valence-electron chi connectivity index (χ4n) is 2.66. The van der Waals surface area contributed by atoms with Gasteiger partial charge < -0.3 is 10.6 Å². The van der Waals surface area contributed by atoms with Crippen LogP contribution in [0.5, 0.6) is 0 Å². The van der Waals surface area contributed by atoms with E-state index in [4.69, 9.17) is 5.73 Å². The van der Waals surface area contributed by atoms with Gasteiger partial charge in [0.2, 0.25) is 5.91 Å². The first kappa shape index (κ1) is 12.8. The van der Waals surface area contributed by atoms with Crippen LogP contribution < -0.4 is 5.73 Å². The third-order valence-electron chi connectivity index (χ3n) is 4.13. The maximum Gasteiger partial charge on any atom is 0.236 e. The molecule has 4 heteroatoms. The lowest BCUT2D eigenvalue weighted by Crippen LogP contribution is -2.47. The Balaban J connectivity index is 1.73. The Labute approximate surface area is 104 Å². The number of rotatable bonds is 2. The number of hydrogen-bond acceptors (Lipinski definition) is 3. The van der Waals surface area contributed by atoms with Gasteiger partial charge in [0, 0.05) is 32.2 Å². The van der Waals surface area contributed by atoms with Gasteiger partial charge in [-0.05, 0) is 31.6 Å². The molecule has 0 radical (unpaired) electrons. The van der Waals surface area contributed by atoms with Crippen LogP contribution in [0.2, 0.25) is 0 Å². The molecule has 0 aromatic carbocycles. The number of nitrogens with two attached hydrogens (primary N) is 1. The molecule has 0 aromatic heterocycles. The van der Waals surface area contributed by atoms with Gasteiger partial charge in [0.25, 0.3) is 0 Å². The molecule has 98 valence electrons. The van der Waals surface area contributed by atoms with Crippen LogP contribution in [0.25, 0.3) is 0 Å². The van der Waals surface area contributed by atoms with Gasteiger partial charge >= 0.3 is 0 Å². The predicted octanol–water partition coefficient (Wildman–Crippen LogP) is 0.668. The quantitative estimate of drug-likeness (QED) is 0.770. The lowest BCUT2D eigenvalue weighted by molar-refractivity contribution is -0.134. The van der Waals surface area contributed by atoms with Crippen LogP contribution in [0.3, 0.4) is 0 Å². The third kappa shape index (κ3) is 3.68. The van der Waals surface area contributed by atoms with E-state index in [0.29, 0.717) is 18.5 Å². The van der Waals surface area contributed by atoms with Crippen molar-refractivity contribution in [3.63, 3.8) is 0 Å². The van der Waals surface area contributed by atoms with E-state index in [0.717, 1.165) is 57.8 Å². The Bertz CT molecular complexity index is 253. The zero-order chi connectivity index (χ0) is 12.3. The summed E-state index contributed by atoms with van der Waals surface area (Å²) < 4.78 is 0. The third-order valence-corrected chi connectivity index (χ3v) is 4.13. The van der Waals surface area contributed by atoms with Gasteiger partial charge in [-0.2, -0.15) is 0 Å². The number of amides is 1. The second-order valence-electron chi connectivity index (χ2n) is 5.68. The summed E-state index contributed by atoms with van der Waals surface area (Å²) in [6.07, 6.45) is 4.39. The van der Waals surface area contributed by atoms with Gasteiger partial charge in [0.1, 0.15) is 0 Å². The molecular formula is C13H25N3O. The molecule has 0 aromatic rings. The maximum absolute atomic E-state index is 12.1. The zero-order valence-corrected chi connectivity index (χ0v) is 10.9. The summed E-state index contributed by atoms with van der Waals surface area (Å²) in [5.41, 5.74) is 5.86. The van der Waals surface area contributed by atoms with Gasteiger partial charge in [-0.1, -0.05) is 6.92 Å². The number of hydrogen-bond donors (Lipinski definition) is 1. The van der Waals surface area contributed by atoms with Crippen LogP contribution in [0.15, 0.2) is 0 Å². The summed E-state index contributed by atoms with van der Waals surface area (Å²) in [7, 11) is 0. The molecule has 1 amide bonds. The van der Waals surface area contributed by atoms with E-state index < -0.39 is 0 Å². The van der Waals surface area contributed by atoms with Crippen LogP contribution in [-0.4, -0.2) is 54.5 Å². The second kappa shape index (κ2) is 5.83. The van der Waals surface area contributed by atoms with Crippen molar-refractivity contribution in [3.05, 3.63) is 0 Å². The summed E-state index contributed by atoms with van der Waals surface area (Å²) in [5, 5.41) is 0. The fraction of sp³-hybridized carbons (Fsp3) is 0.923. The van der Waals surface area contributed by atoms with Crippen LogP contribution in [-0.2, 0) is 4.79 Å². The molecule has 2 N–H and O–H groups in total. The van der Waals surface area contributed by atoms with Crippen molar-refractivity contribution in [3.8, 4) is 0 Å². The van der Waals surface area contributed by atoms with E-state index in [1.54, 1.807) is 0 Å². The Kier molecular flexibility index (Phi) is 4.40. The molecule has 2 rings (SSSR count). The van der Waals surface area contributed by atoms with Crippen molar-refractivity contribution >= 4 is 5.91 Å². The van der Waals surface area contributed by atoms with E-state index in [1.807, 2.05) is 4.90 Å². The molecule has 4 nitrogen and oxygen atoms in total. The molecule has 0 bridgehead atoms. The van der Waals surface area contributed by atoms with Crippen molar-refractivity contribution in [2.24, 2.45) is 11.7 Å². The molecule has 0 spiro atoms. The average Bonchev–Trinajstić information content (AvgIpc) is 2.33. The summed E-state index contributed by atoms with van der Waals surface area (Å²) in [6.45, 7) is 6.74. The average molecular weight is 239 g/mol. The first-order chi connectivity index (χ1) is 8.15. The molecule has 0 unspecified atom stereocenters. The van der Waals surface area contributed by atoms with Gasteiger partial charge in [0.05, 0.1) is 6.54 Å². The minimum Gasteiger partial charge on any atom is -0.342 e. The van der Waals surface area contributed by atoms with E-state index in [1.165, 1.54) is 0 Å². The van der Waals surface area contributed by atoms with Gasteiger partial charge in [-0.25, -0.2) is 0 Å². The molecule has 0 aliphatic carbocycles. The monoisotopic (exact) mass is 239 g/mol.